The number of benzene rings is 1. The lowest BCUT2D eigenvalue weighted by molar-refractivity contribution is -0.384. The van der Waals surface area contributed by atoms with Crippen LogP contribution in [0.5, 0.6) is 5.75 Å². The van der Waals surface area contributed by atoms with Crippen molar-refractivity contribution in [2.45, 2.75) is 13.0 Å². The van der Waals surface area contributed by atoms with Crippen LogP contribution in [0.4, 0.5) is 5.69 Å². The van der Waals surface area contributed by atoms with Crippen molar-refractivity contribution < 1.29 is 14.5 Å². The first-order valence-electron chi connectivity index (χ1n) is 5.34. The van der Waals surface area contributed by atoms with Crippen molar-refractivity contribution in [2.24, 2.45) is 0 Å². The third-order valence-electron chi connectivity index (χ3n) is 2.13. The fourth-order valence-electron chi connectivity index (χ4n) is 1.24. The molecule has 0 saturated carbocycles. The normalized spacial score (nSPS) is 11.4. The Labute approximate surface area is 104 Å². The van der Waals surface area contributed by atoms with Crippen LogP contribution in [0.1, 0.15) is 6.92 Å². The van der Waals surface area contributed by atoms with E-state index in [-0.39, 0.29) is 17.3 Å². The second kappa shape index (κ2) is 6.39. The van der Waals surface area contributed by atoms with Gasteiger partial charge >= 0.3 is 0 Å². The Bertz CT molecular complexity index is 459. The van der Waals surface area contributed by atoms with E-state index in [0.717, 1.165) is 0 Å². The predicted molar refractivity (Wildman–Crippen MR) is 66.4 cm³/mol. The Kier molecular flexibility index (Phi) is 4.86. The largest absolute Gasteiger partial charge is 0.481 e. The molecule has 0 spiro atoms. The van der Waals surface area contributed by atoms with Crippen LogP contribution in [0.15, 0.2) is 36.9 Å². The Balaban J connectivity index is 2.66. The van der Waals surface area contributed by atoms with Gasteiger partial charge in [0.25, 0.3) is 11.6 Å². The van der Waals surface area contributed by atoms with E-state index in [2.05, 4.69) is 11.9 Å². The van der Waals surface area contributed by atoms with E-state index in [1.165, 1.54) is 18.2 Å². The zero-order valence-electron chi connectivity index (χ0n) is 9.96. The fourth-order valence-corrected chi connectivity index (χ4v) is 1.24. The minimum Gasteiger partial charge on any atom is -0.481 e. The maximum Gasteiger partial charge on any atom is 0.273 e. The van der Waals surface area contributed by atoms with Crippen LogP contribution < -0.4 is 10.1 Å². The van der Waals surface area contributed by atoms with Crippen LogP contribution in [0.2, 0.25) is 0 Å². The molecule has 96 valence electrons. The summed E-state index contributed by atoms with van der Waals surface area (Å²) in [6.45, 7) is 5.39. The molecule has 0 aliphatic carbocycles. The van der Waals surface area contributed by atoms with Gasteiger partial charge in [-0.1, -0.05) is 12.1 Å². The molecule has 18 heavy (non-hydrogen) atoms. The minimum atomic E-state index is -0.730. The highest BCUT2D eigenvalue weighted by atomic mass is 16.6. The van der Waals surface area contributed by atoms with E-state index in [1.807, 2.05) is 0 Å². The number of hydrogen-bond donors (Lipinski definition) is 1. The monoisotopic (exact) mass is 250 g/mol. The number of amides is 1. The highest BCUT2D eigenvalue weighted by molar-refractivity contribution is 5.80. The highest BCUT2D eigenvalue weighted by Gasteiger charge is 2.15. The lowest BCUT2D eigenvalue weighted by atomic mass is 10.3. The molecule has 0 saturated heterocycles. The molecule has 1 aromatic rings. The summed E-state index contributed by atoms with van der Waals surface area (Å²) in [5.41, 5.74) is -0.0776. The molecule has 0 fully saturated rings. The number of carbonyl (C=O) groups is 1. The summed E-state index contributed by atoms with van der Waals surface area (Å²) in [6, 6.07) is 5.69. The lowest BCUT2D eigenvalue weighted by Crippen LogP contribution is -2.36. The number of nitrogens with one attached hydrogen (secondary N) is 1. The van der Waals surface area contributed by atoms with Gasteiger partial charge in [0.05, 0.1) is 11.0 Å². The van der Waals surface area contributed by atoms with Crippen molar-refractivity contribution in [2.75, 3.05) is 6.54 Å². The Hall–Kier alpha value is -2.37. The van der Waals surface area contributed by atoms with E-state index >= 15 is 0 Å². The fraction of sp³-hybridized carbons (Fsp3) is 0.250. The van der Waals surface area contributed by atoms with E-state index in [4.69, 9.17) is 4.74 Å². The molecule has 1 aromatic carbocycles. The van der Waals surface area contributed by atoms with Crippen molar-refractivity contribution in [1.82, 2.24) is 5.32 Å². The van der Waals surface area contributed by atoms with Crippen LogP contribution in [-0.2, 0) is 4.79 Å². The van der Waals surface area contributed by atoms with Crippen molar-refractivity contribution in [3.63, 3.8) is 0 Å². The molecule has 0 radical (unpaired) electrons. The smallest absolute Gasteiger partial charge is 0.273 e. The third kappa shape index (κ3) is 3.89. The first-order chi connectivity index (χ1) is 8.54. The molecule has 1 atom stereocenters. The van der Waals surface area contributed by atoms with Crippen molar-refractivity contribution in [3.8, 4) is 5.75 Å². The van der Waals surface area contributed by atoms with Crippen molar-refractivity contribution >= 4 is 11.6 Å². The molecule has 0 aliphatic heterocycles. The molecule has 1 rings (SSSR count). The number of nitrogens with zero attached hydrogens (tertiary/aromatic N) is 1. The molecule has 0 heterocycles. The average Bonchev–Trinajstić information content (AvgIpc) is 2.36. The molecule has 6 nitrogen and oxygen atoms in total. The van der Waals surface area contributed by atoms with Gasteiger partial charge in [0.1, 0.15) is 5.75 Å². The summed E-state index contributed by atoms with van der Waals surface area (Å²) in [7, 11) is 0. The lowest BCUT2D eigenvalue weighted by Gasteiger charge is -2.13. The zero-order valence-corrected chi connectivity index (χ0v) is 9.96. The number of nitro benzene ring substituents is 1. The van der Waals surface area contributed by atoms with E-state index < -0.39 is 11.0 Å². The van der Waals surface area contributed by atoms with E-state index in [0.29, 0.717) is 6.54 Å². The summed E-state index contributed by atoms with van der Waals surface area (Å²) in [4.78, 5) is 21.6. The van der Waals surface area contributed by atoms with Crippen LogP contribution in [0, 0.1) is 10.1 Å². The van der Waals surface area contributed by atoms with Gasteiger partial charge in [-0.2, -0.15) is 0 Å². The molecule has 6 heteroatoms. The van der Waals surface area contributed by atoms with Gasteiger partial charge < -0.3 is 10.1 Å². The molecule has 1 amide bonds. The number of non-ortho nitro benzene ring substituents is 1. The van der Waals surface area contributed by atoms with Crippen LogP contribution in [0.25, 0.3) is 0 Å². The van der Waals surface area contributed by atoms with Gasteiger partial charge in [-0.25, -0.2) is 0 Å². The van der Waals surface area contributed by atoms with Gasteiger partial charge in [0.15, 0.2) is 6.10 Å². The number of carbonyl (C=O) groups excluding carboxylic acids is 1. The molecule has 0 bridgehead atoms. The van der Waals surface area contributed by atoms with Gasteiger partial charge in [0.2, 0.25) is 0 Å². The maximum absolute atomic E-state index is 11.5. The number of rotatable bonds is 6. The standard InChI is InChI=1S/C12H14N2O4/c1-3-7-13-12(15)9(2)18-11-6-4-5-10(8-11)14(16)17/h3-6,8-9H,1,7H2,2H3,(H,13,15)/t9-/m0/s1. The Morgan fingerprint density at radius 1 is 1.67 bits per heavy atom. The molecular formula is C12H14N2O4. The minimum absolute atomic E-state index is 0.0776. The molecular weight excluding hydrogens is 236 g/mol. The number of nitro groups is 1. The van der Waals surface area contributed by atoms with E-state index in [1.54, 1.807) is 19.1 Å². The van der Waals surface area contributed by atoms with E-state index in [9.17, 15) is 14.9 Å². The van der Waals surface area contributed by atoms with Gasteiger partial charge in [0, 0.05) is 12.6 Å². The predicted octanol–water partition coefficient (Wildman–Crippen LogP) is 1.66. The Morgan fingerprint density at radius 2 is 2.39 bits per heavy atom. The quantitative estimate of drug-likeness (QED) is 0.473. The second-order valence-electron chi connectivity index (χ2n) is 3.55. The summed E-state index contributed by atoms with van der Waals surface area (Å²) >= 11 is 0. The average molecular weight is 250 g/mol. The summed E-state index contributed by atoms with van der Waals surface area (Å²) in [6.07, 6.45) is 0.824. The molecule has 0 aromatic heterocycles. The van der Waals surface area contributed by atoms with Crippen LogP contribution in [-0.4, -0.2) is 23.5 Å². The van der Waals surface area contributed by atoms with Gasteiger partial charge in [-0.05, 0) is 13.0 Å². The van der Waals surface area contributed by atoms with Crippen molar-refractivity contribution in [3.05, 3.63) is 47.0 Å². The molecule has 0 unspecified atom stereocenters. The van der Waals surface area contributed by atoms with Crippen LogP contribution in [0.3, 0.4) is 0 Å². The zero-order chi connectivity index (χ0) is 13.5. The SMILES string of the molecule is C=CCNC(=O)[C@H](C)Oc1cccc([N+](=O)[O-])c1. The topological polar surface area (TPSA) is 81.5 Å². The molecule has 0 aliphatic rings. The van der Waals surface area contributed by atoms with Crippen molar-refractivity contribution in [1.29, 1.82) is 0 Å². The first kappa shape index (κ1) is 13.7. The second-order valence-corrected chi connectivity index (χ2v) is 3.55. The maximum atomic E-state index is 11.5. The van der Waals surface area contributed by atoms with Crippen LogP contribution >= 0.6 is 0 Å². The summed E-state index contributed by atoms with van der Waals surface area (Å²) in [5.74, 6) is -0.0214. The molecule has 1 N–H and O–H groups in total. The summed E-state index contributed by atoms with van der Waals surface area (Å²) in [5, 5.41) is 13.1. The highest BCUT2D eigenvalue weighted by Crippen LogP contribution is 2.20. The van der Waals surface area contributed by atoms with Gasteiger partial charge in [-0.3, -0.25) is 14.9 Å². The Morgan fingerprint density at radius 3 is 3.00 bits per heavy atom. The van der Waals surface area contributed by atoms with Gasteiger partial charge in [-0.15, -0.1) is 6.58 Å². The summed E-state index contributed by atoms with van der Waals surface area (Å²) < 4.78 is 5.31. The first-order valence-corrected chi connectivity index (χ1v) is 5.34. The number of ether oxygens (including phenoxy) is 1. The third-order valence-corrected chi connectivity index (χ3v) is 2.13. The number of hydrogen-bond acceptors (Lipinski definition) is 4.